The van der Waals surface area contributed by atoms with Crippen LogP contribution in [-0.2, 0) is 29.7 Å². The molecule has 0 saturated carbocycles. The average Bonchev–Trinajstić information content (AvgIpc) is 2.93. The van der Waals surface area contributed by atoms with E-state index in [4.69, 9.17) is 0 Å². The Morgan fingerprint density at radius 1 is 0.926 bits per heavy atom. The number of amides is 3. The van der Waals surface area contributed by atoms with Gasteiger partial charge in [0, 0.05) is 13.1 Å². The summed E-state index contributed by atoms with van der Waals surface area (Å²) in [4.78, 5) is 29.7. The third-order valence-corrected chi connectivity index (χ3v) is 6.20. The number of rotatable bonds is 2. The predicted octanol–water partition coefficient (Wildman–Crippen LogP) is 2.79. The third-order valence-electron chi connectivity index (χ3n) is 6.20. The van der Waals surface area contributed by atoms with E-state index in [9.17, 15) is 9.59 Å². The second-order valence-corrected chi connectivity index (χ2v) is 7.79. The molecule has 0 bridgehead atoms. The Kier molecular flexibility index (Phi) is 3.79. The fourth-order valence-electron chi connectivity index (χ4n) is 4.81. The first-order valence-corrected chi connectivity index (χ1v) is 9.69. The van der Waals surface area contributed by atoms with Gasteiger partial charge in [-0.3, -0.25) is 9.69 Å². The van der Waals surface area contributed by atoms with Crippen molar-refractivity contribution in [3.8, 4) is 0 Å². The molecule has 1 saturated heterocycles. The zero-order valence-corrected chi connectivity index (χ0v) is 15.3. The van der Waals surface area contributed by atoms with E-state index < -0.39 is 5.54 Å². The molecule has 27 heavy (non-hydrogen) atoms. The average molecular weight is 361 g/mol. The van der Waals surface area contributed by atoms with Crippen LogP contribution in [0.15, 0.2) is 48.5 Å². The summed E-state index contributed by atoms with van der Waals surface area (Å²) in [5.41, 5.74) is 3.92. The van der Waals surface area contributed by atoms with E-state index in [1.165, 1.54) is 21.6 Å². The topological polar surface area (TPSA) is 52.7 Å². The molecule has 3 amide bonds. The van der Waals surface area contributed by atoms with Crippen molar-refractivity contribution >= 4 is 11.9 Å². The van der Waals surface area contributed by atoms with Gasteiger partial charge >= 0.3 is 6.03 Å². The van der Waals surface area contributed by atoms with Crippen molar-refractivity contribution in [1.29, 1.82) is 0 Å². The number of fused-ring (bicyclic) bond motifs is 3. The maximum Gasteiger partial charge on any atom is 0.326 e. The molecule has 0 aromatic heterocycles. The molecular formula is C22H23N3O2. The quantitative estimate of drug-likeness (QED) is 0.837. The highest BCUT2D eigenvalue weighted by molar-refractivity contribution is 6.07. The van der Waals surface area contributed by atoms with Crippen LogP contribution in [-0.4, -0.2) is 35.0 Å². The van der Waals surface area contributed by atoms with Crippen LogP contribution in [0.1, 0.15) is 35.1 Å². The van der Waals surface area contributed by atoms with Crippen molar-refractivity contribution < 1.29 is 9.59 Å². The number of carbonyl (C=O) groups is 2. The highest BCUT2D eigenvalue weighted by Crippen LogP contribution is 2.40. The molecule has 5 nitrogen and oxygen atoms in total. The Bertz CT molecular complexity index is 925. The van der Waals surface area contributed by atoms with Crippen molar-refractivity contribution in [1.82, 2.24) is 15.1 Å². The second-order valence-electron chi connectivity index (χ2n) is 7.79. The van der Waals surface area contributed by atoms with Gasteiger partial charge in [-0.05, 0) is 47.9 Å². The lowest BCUT2D eigenvalue weighted by Gasteiger charge is -2.34. The highest BCUT2D eigenvalue weighted by Gasteiger charge is 2.54. The molecule has 1 unspecified atom stereocenters. The predicted molar refractivity (Wildman–Crippen MR) is 102 cm³/mol. The van der Waals surface area contributed by atoms with Gasteiger partial charge in [0.05, 0.1) is 6.67 Å². The van der Waals surface area contributed by atoms with Gasteiger partial charge < -0.3 is 5.32 Å². The number of urea groups is 1. The summed E-state index contributed by atoms with van der Waals surface area (Å²) in [7, 11) is 0. The summed E-state index contributed by atoms with van der Waals surface area (Å²) in [6.45, 7) is 1.98. The summed E-state index contributed by atoms with van der Waals surface area (Å²) >= 11 is 0. The lowest BCUT2D eigenvalue weighted by atomic mass is 9.76. The monoisotopic (exact) mass is 361 g/mol. The van der Waals surface area contributed by atoms with Crippen molar-refractivity contribution in [2.45, 2.75) is 37.8 Å². The number of imide groups is 1. The number of nitrogens with one attached hydrogen (secondary N) is 1. The van der Waals surface area contributed by atoms with Crippen molar-refractivity contribution in [3.05, 3.63) is 70.8 Å². The molecule has 5 heteroatoms. The van der Waals surface area contributed by atoms with Crippen LogP contribution in [0.4, 0.5) is 4.79 Å². The Hall–Kier alpha value is -2.66. The van der Waals surface area contributed by atoms with E-state index in [0.29, 0.717) is 13.1 Å². The number of benzene rings is 2. The van der Waals surface area contributed by atoms with Gasteiger partial charge in [-0.1, -0.05) is 48.5 Å². The van der Waals surface area contributed by atoms with Crippen molar-refractivity contribution in [2.75, 3.05) is 13.2 Å². The van der Waals surface area contributed by atoms with Gasteiger partial charge in [0.25, 0.3) is 5.91 Å². The fourth-order valence-corrected chi connectivity index (χ4v) is 4.81. The van der Waals surface area contributed by atoms with Crippen LogP contribution >= 0.6 is 0 Å². The minimum Gasteiger partial charge on any atom is -0.319 e. The Labute approximate surface area is 159 Å². The molecule has 2 aliphatic heterocycles. The second kappa shape index (κ2) is 6.20. The lowest BCUT2D eigenvalue weighted by molar-refractivity contribution is -0.133. The summed E-state index contributed by atoms with van der Waals surface area (Å²) < 4.78 is 0. The summed E-state index contributed by atoms with van der Waals surface area (Å²) in [5, 5.41) is 3.04. The maximum absolute atomic E-state index is 13.4. The van der Waals surface area contributed by atoms with Crippen LogP contribution in [0.2, 0.25) is 0 Å². The molecule has 1 N–H and O–H groups in total. The SMILES string of the molecule is O=C1NC2(CCCc3ccccc32)C(=O)N1CN1CCc2ccccc2C1. The van der Waals surface area contributed by atoms with Gasteiger partial charge in [0.15, 0.2) is 0 Å². The maximum atomic E-state index is 13.4. The molecule has 5 rings (SSSR count). The molecule has 2 aromatic carbocycles. The number of nitrogens with zero attached hydrogens (tertiary/aromatic N) is 2. The molecule has 1 atom stereocenters. The van der Waals surface area contributed by atoms with Crippen LogP contribution in [0.3, 0.4) is 0 Å². The smallest absolute Gasteiger partial charge is 0.319 e. The first-order valence-electron chi connectivity index (χ1n) is 9.69. The molecule has 1 aliphatic carbocycles. The minimum atomic E-state index is -0.875. The standard InChI is InChI=1S/C22H23N3O2/c26-20-22(12-5-9-17-7-3-4-10-19(17)22)23-21(27)25(20)15-24-13-11-16-6-1-2-8-18(16)14-24/h1-4,6-8,10H,5,9,11-15H2,(H,23,27). The van der Waals surface area contributed by atoms with Gasteiger partial charge in [-0.25, -0.2) is 9.69 Å². The molecule has 1 spiro atoms. The summed E-state index contributed by atoms with van der Waals surface area (Å²) in [6.07, 6.45) is 3.50. The van der Waals surface area contributed by atoms with Crippen LogP contribution in [0, 0.1) is 0 Å². The Balaban J connectivity index is 1.40. The van der Waals surface area contributed by atoms with E-state index in [-0.39, 0.29) is 11.9 Å². The highest BCUT2D eigenvalue weighted by atomic mass is 16.2. The third kappa shape index (κ3) is 2.57. The van der Waals surface area contributed by atoms with Crippen molar-refractivity contribution in [3.63, 3.8) is 0 Å². The Morgan fingerprint density at radius 2 is 1.67 bits per heavy atom. The van der Waals surface area contributed by atoms with E-state index in [2.05, 4.69) is 34.5 Å². The molecule has 0 radical (unpaired) electrons. The molecule has 2 heterocycles. The minimum absolute atomic E-state index is 0.0986. The normalized spacial score (nSPS) is 24.7. The first-order chi connectivity index (χ1) is 13.2. The molecule has 1 fully saturated rings. The fraction of sp³-hybridized carbons (Fsp3) is 0.364. The molecule has 138 valence electrons. The summed E-state index contributed by atoms with van der Waals surface area (Å²) in [5.74, 6) is -0.0986. The van der Waals surface area contributed by atoms with Gasteiger partial charge in [0.2, 0.25) is 0 Å². The largest absolute Gasteiger partial charge is 0.326 e. The van der Waals surface area contributed by atoms with E-state index in [0.717, 1.165) is 37.9 Å². The zero-order chi connectivity index (χ0) is 18.4. The van der Waals surface area contributed by atoms with E-state index in [1.54, 1.807) is 0 Å². The first kappa shape index (κ1) is 16.5. The van der Waals surface area contributed by atoms with Crippen LogP contribution in [0.5, 0.6) is 0 Å². The van der Waals surface area contributed by atoms with Gasteiger partial charge in [-0.15, -0.1) is 0 Å². The van der Waals surface area contributed by atoms with Gasteiger partial charge in [0.1, 0.15) is 5.54 Å². The Morgan fingerprint density at radius 3 is 2.52 bits per heavy atom. The van der Waals surface area contributed by atoms with Crippen LogP contribution in [0.25, 0.3) is 0 Å². The van der Waals surface area contributed by atoms with Crippen LogP contribution < -0.4 is 5.32 Å². The number of aryl methyl sites for hydroxylation is 1. The zero-order valence-electron chi connectivity index (χ0n) is 15.3. The number of hydrogen-bond donors (Lipinski definition) is 1. The molecule has 3 aliphatic rings. The number of hydrogen-bond acceptors (Lipinski definition) is 3. The molecular weight excluding hydrogens is 338 g/mol. The number of carbonyl (C=O) groups excluding carboxylic acids is 2. The van der Waals surface area contributed by atoms with Crippen molar-refractivity contribution in [2.24, 2.45) is 0 Å². The lowest BCUT2D eigenvalue weighted by Crippen LogP contribution is -2.47. The molecule has 2 aromatic rings. The summed E-state index contributed by atoms with van der Waals surface area (Å²) in [6, 6.07) is 16.2. The van der Waals surface area contributed by atoms with Gasteiger partial charge in [-0.2, -0.15) is 0 Å². The van der Waals surface area contributed by atoms with E-state index >= 15 is 0 Å². The van der Waals surface area contributed by atoms with E-state index in [1.807, 2.05) is 24.3 Å².